The number of likely N-dealkylation sites (tertiary alicyclic amines) is 1. The standard InChI is InChI=1S/C24H26N4O2/c1-14-8-15(2)21(9-20(14)23(27)16(3)22(26)13-29)24(30)28-11-19(12-28)18-6-4-17(10-25)5-7-18/h4-9,13,16,19,22,27H,11-12,26H2,1-3H3. The first-order chi connectivity index (χ1) is 14.3. The van der Waals surface area contributed by atoms with Crippen molar-refractivity contribution >= 4 is 17.9 Å². The highest BCUT2D eigenvalue weighted by molar-refractivity contribution is 6.05. The van der Waals surface area contributed by atoms with Crippen molar-refractivity contribution in [2.24, 2.45) is 11.7 Å². The Kier molecular flexibility index (Phi) is 6.14. The largest absolute Gasteiger partial charge is 0.337 e. The first-order valence-corrected chi connectivity index (χ1v) is 9.97. The fourth-order valence-electron chi connectivity index (χ4n) is 3.78. The molecule has 1 aliphatic heterocycles. The van der Waals surface area contributed by atoms with Crippen molar-refractivity contribution in [2.45, 2.75) is 32.7 Å². The van der Waals surface area contributed by atoms with Gasteiger partial charge < -0.3 is 20.8 Å². The summed E-state index contributed by atoms with van der Waals surface area (Å²) in [5.41, 5.74) is 10.8. The lowest BCUT2D eigenvalue weighted by atomic mass is 9.87. The minimum Gasteiger partial charge on any atom is -0.337 e. The molecule has 0 spiro atoms. The van der Waals surface area contributed by atoms with Gasteiger partial charge in [0.2, 0.25) is 0 Å². The lowest BCUT2D eigenvalue weighted by Gasteiger charge is -2.40. The van der Waals surface area contributed by atoms with Gasteiger partial charge in [0.25, 0.3) is 5.91 Å². The molecular formula is C24H26N4O2. The predicted octanol–water partition coefficient (Wildman–Crippen LogP) is 2.94. The third-order valence-corrected chi connectivity index (χ3v) is 5.96. The van der Waals surface area contributed by atoms with Crippen LogP contribution < -0.4 is 5.73 Å². The zero-order chi connectivity index (χ0) is 22.0. The van der Waals surface area contributed by atoms with E-state index in [1.807, 2.05) is 32.0 Å². The Labute approximate surface area is 176 Å². The van der Waals surface area contributed by atoms with Crippen molar-refractivity contribution in [2.75, 3.05) is 13.1 Å². The average Bonchev–Trinajstić information content (AvgIpc) is 2.71. The number of nitriles is 1. The van der Waals surface area contributed by atoms with Crippen LogP contribution in [0.4, 0.5) is 0 Å². The highest BCUT2D eigenvalue weighted by Crippen LogP contribution is 2.30. The summed E-state index contributed by atoms with van der Waals surface area (Å²) >= 11 is 0. The lowest BCUT2D eigenvalue weighted by molar-refractivity contribution is -0.109. The number of nitrogens with zero attached hydrogens (tertiary/aromatic N) is 2. The third-order valence-electron chi connectivity index (χ3n) is 5.96. The predicted molar refractivity (Wildman–Crippen MR) is 116 cm³/mol. The molecule has 6 nitrogen and oxygen atoms in total. The summed E-state index contributed by atoms with van der Waals surface area (Å²) in [7, 11) is 0. The van der Waals surface area contributed by atoms with Gasteiger partial charge in [-0.1, -0.05) is 25.1 Å². The van der Waals surface area contributed by atoms with Crippen molar-refractivity contribution in [1.29, 1.82) is 10.7 Å². The third kappa shape index (κ3) is 4.03. The van der Waals surface area contributed by atoms with Crippen molar-refractivity contribution < 1.29 is 9.59 Å². The minimum atomic E-state index is -0.749. The maximum Gasteiger partial charge on any atom is 0.254 e. The fourth-order valence-corrected chi connectivity index (χ4v) is 3.78. The second-order valence-electron chi connectivity index (χ2n) is 8.04. The number of aldehydes is 1. The van der Waals surface area contributed by atoms with Crippen molar-refractivity contribution in [3.8, 4) is 6.07 Å². The van der Waals surface area contributed by atoms with Crippen LogP contribution in [0.25, 0.3) is 0 Å². The number of hydrogen-bond acceptors (Lipinski definition) is 5. The Morgan fingerprint density at radius 2 is 1.80 bits per heavy atom. The number of amides is 1. The van der Waals surface area contributed by atoms with Gasteiger partial charge in [-0.25, -0.2) is 0 Å². The van der Waals surface area contributed by atoms with Gasteiger partial charge in [0.1, 0.15) is 6.29 Å². The molecule has 0 aromatic heterocycles. The average molecular weight is 402 g/mol. The van der Waals surface area contributed by atoms with Crippen LogP contribution in [-0.4, -0.2) is 41.9 Å². The first-order valence-electron chi connectivity index (χ1n) is 9.97. The van der Waals surface area contributed by atoms with E-state index < -0.39 is 12.0 Å². The molecule has 3 N–H and O–H groups in total. The highest BCUT2D eigenvalue weighted by Gasteiger charge is 2.33. The number of aryl methyl sites for hydroxylation is 2. The second kappa shape index (κ2) is 8.60. The molecule has 30 heavy (non-hydrogen) atoms. The normalized spacial score (nSPS) is 15.6. The van der Waals surface area contributed by atoms with Gasteiger partial charge in [-0.15, -0.1) is 0 Å². The van der Waals surface area contributed by atoms with E-state index in [-0.39, 0.29) is 17.5 Å². The quantitative estimate of drug-likeness (QED) is 0.571. The summed E-state index contributed by atoms with van der Waals surface area (Å²) in [6.45, 7) is 6.79. The minimum absolute atomic E-state index is 0.0567. The molecule has 2 unspecified atom stereocenters. The number of carbonyl (C=O) groups is 2. The zero-order valence-corrected chi connectivity index (χ0v) is 17.5. The topological polar surface area (TPSA) is 111 Å². The van der Waals surface area contributed by atoms with Gasteiger partial charge in [0, 0.05) is 36.2 Å². The van der Waals surface area contributed by atoms with Crippen LogP contribution in [-0.2, 0) is 4.79 Å². The Balaban J connectivity index is 1.77. The van der Waals surface area contributed by atoms with Crippen molar-refractivity contribution in [3.63, 3.8) is 0 Å². The van der Waals surface area contributed by atoms with E-state index in [9.17, 15) is 9.59 Å². The fraction of sp³-hybridized carbons (Fsp3) is 0.333. The smallest absolute Gasteiger partial charge is 0.254 e. The Hall–Kier alpha value is -3.30. The monoisotopic (exact) mass is 402 g/mol. The second-order valence-corrected chi connectivity index (χ2v) is 8.04. The molecule has 2 aromatic carbocycles. The molecule has 0 bridgehead atoms. The number of rotatable bonds is 6. The molecule has 6 heteroatoms. The number of benzene rings is 2. The maximum atomic E-state index is 13.1. The van der Waals surface area contributed by atoms with Gasteiger partial charge in [0.15, 0.2) is 0 Å². The molecule has 0 aliphatic carbocycles. The van der Waals surface area contributed by atoms with Gasteiger partial charge in [-0.3, -0.25) is 4.79 Å². The summed E-state index contributed by atoms with van der Waals surface area (Å²) in [5, 5.41) is 17.4. The van der Waals surface area contributed by atoms with Gasteiger partial charge in [-0.05, 0) is 54.3 Å². The lowest BCUT2D eigenvalue weighted by Crippen LogP contribution is -2.48. The molecule has 2 atom stereocenters. The molecule has 1 heterocycles. The molecule has 1 aliphatic rings. The Morgan fingerprint density at radius 3 is 2.37 bits per heavy atom. The van der Waals surface area contributed by atoms with Gasteiger partial charge in [-0.2, -0.15) is 5.26 Å². The van der Waals surface area contributed by atoms with Crippen LogP contribution in [0.5, 0.6) is 0 Å². The van der Waals surface area contributed by atoms with Crippen LogP contribution in [0.15, 0.2) is 36.4 Å². The van der Waals surface area contributed by atoms with E-state index in [1.54, 1.807) is 30.0 Å². The number of nitrogens with two attached hydrogens (primary N) is 1. The van der Waals surface area contributed by atoms with Crippen LogP contribution in [0.3, 0.4) is 0 Å². The molecule has 1 fully saturated rings. The molecular weight excluding hydrogens is 376 g/mol. The summed E-state index contributed by atoms with van der Waals surface area (Å²) in [5.74, 6) is -0.230. The summed E-state index contributed by atoms with van der Waals surface area (Å²) in [6.07, 6.45) is 0.651. The number of carbonyl (C=O) groups excluding carboxylic acids is 2. The molecule has 0 saturated carbocycles. The number of nitrogens with one attached hydrogen (secondary N) is 1. The van der Waals surface area contributed by atoms with Crippen molar-refractivity contribution in [3.05, 3.63) is 69.8 Å². The Bertz CT molecular complexity index is 1030. The summed E-state index contributed by atoms with van der Waals surface area (Å²) in [4.78, 5) is 25.9. The van der Waals surface area contributed by atoms with Crippen molar-refractivity contribution in [1.82, 2.24) is 4.90 Å². The molecule has 154 valence electrons. The van der Waals surface area contributed by atoms with Gasteiger partial charge >= 0.3 is 0 Å². The van der Waals surface area contributed by atoms with Crippen LogP contribution in [0.2, 0.25) is 0 Å². The summed E-state index contributed by atoms with van der Waals surface area (Å²) in [6, 6.07) is 12.5. The van der Waals surface area contributed by atoms with E-state index in [4.69, 9.17) is 16.4 Å². The van der Waals surface area contributed by atoms with Gasteiger partial charge in [0.05, 0.1) is 17.7 Å². The number of hydrogen-bond donors (Lipinski definition) is 2. The zero-order valence-electron chi connectivity index (χ0n) is 17.5. The van der Waals surface area contributed by atoms with Crippen LogP contribution in [0, 0.1) is 36.5 Å². The van der Waals surface area contributed by atoms with Crippen LogP contribution >= 0.6 is 0 Å². The molecule has 2 aromatic rings. The molecule has 1 saturated heterocycles. The summed E-state index contributed by atoms with van der Waals surface area (Å²) < 4.78 is 0. The van der Waals surface area contributed by atoms with E-state index in [1.165, 1.54) is 0 Å². The first kappa shape index (κ1) is 21.4. The molecule has 0 radical (unpaired) electrons. The van der Waals surface area contributed by atoms with E-state index in [2.05, 4.69) is 6.07 Å². The molecule has 3 rings (SSSR count). The van der Waals surface area contributed by atoms with E-state index >= 15 is 0 Å². The Morgan fingerprint density at radius 1 is 1.20 bits per heavy atom. The van der Waals surface area contributed by atoms with E-state index in [0.717, 1.165) is 16.7 Å². The van der Waals surface area contributed by atoms with Crippen LogP contribution in [0.1, 0.15) is 51.0 Å². The SMILES string of the molecule is Cc1cc(C)c(C(=O)N2CC(c3ccc(C#N)cc3)C2)cc1C(=N)C(C)C(N)C=O. The highest BCUT2D eigenvalue weighted by atomic mass is 16.2. The maximum absolute atomic E-state index is 13.1. The van der Waals surface area contributed by atoms with E-state index in [0.29, 0.717) is 36.1 Å². The molecule has 1 amide bonds.